The highest BCUT2D eigenvalue weighted by Gasteiger charge is 2.36. The second-order valence-electron chi connectivity index (χ2n) is 12.2. The first-order chi connectivity index (χ1) is 22.3. The highest BCUT2D eigenvalue weighted by molar-refractivity contribution is 7.99. The number of ether oxygens (including phenoxy) is 2. The van der Waals surface area contributed by atoms with Gasteiger partial charge in [-0.3, -0.25) is 14.6 Å². The van der Waals surface area contributed by atoms with Crippen molar-refractivity contribution in [2.75, 3.05) is 49.4 Å². The van der Waals surface area contributed by atoms with E-state index in [2.05, 4.69) is 46.4 Å². The van der Waals surface area contributed by atoms with Gasteiger partial charge in [0.25, 0.3) is 5.91 Å². The first kappa shape index (κ1) is 32.2. The number of carbonyl (C=O) groups is 1. The topological polar surface area (TPSA) is 140 Å². The molecule has 46 heavy (non-hydrogen) atoms. The Hall–Kier alpha value is -3.76. The van der Waals surface area contributed by atoms with E-state index in [-0.39, 0.29) is 31.0 Å². The zero-order valence-electron chi connectivity index (χ0n) is 26.1. The molecule has 2 aromatic heterocycles. The number of halogens is 1. The molecule has 3 aromatic rings. The summed E-state index contributed by atoms with van der Waals surface area (Å²) in [6.07, 6.45) is 7.97. The fraction of sp³-hybridized carbons (Fsp3) is 0.455. The maximum Gasteiger partial charge on any atom is 0.265 e. The number of hydrogen-bond acceptors (Lipinski definition) is 11. The van der Waals surface area contributed by atoms with Crippen LogP contribution in [0.1, 0.15) is 42.9 Å². The molecule has 6 rings (SSSR count). The predicted molar refractivity (Wildman–Crippen MR) is 180 cm³/mol. The molecule has 5 heterocycles. The van der Waals surface area contributed by atoms with Crippen LogP contribution in [0.5, 0.6) is 5.75 Å². The number of carbonyl (C=O) groups excluding carboxylic acids is 1. The van der Waals surface area contributed by atoms with Gasteiger partial charge in [-0.15, -0.1) is 0 Å². The van der Waals surface area contributed by atoms with Gasteiger partial charge < -0.3 is 20.2 Å². The van der Waals surface area contributed by atoms with E-state index in [0.717, 1.165) is 32.7 Å². The summed E-state index contributed by atoms with van der Waals surface area (Å²) < 4.78 is 11.4. The average molecular weight is 661 g/mol. The van der Waals surface area contributed by atoms with E-state index in [1.807, 2.05) is 30.0 Å². The fourth-order valence-electron chi connectivity index (χ4n) is 6.23. The molecular formula is C33H37ClN8O3S. The Bertz CT molecular complexity index is 1660. The number of fused-ring (bicyclic) bond motifs is 1. The molecule has 2 fully saturated rings. The Morgan fingerprint density at radius 3 is 2.72 bits per heavy atom. The molecule has 240 valence electrons. The standard InChI is InChI=1S/C33H37ClN8O3S/c1-19(2)8-26-23(10-35)32(24(11-36)33(40-26)39-25-6-7-41(14-29(25)46-3)22-16-44-17-22)20-4-5-27-28(9-20)45-18-31(43)42(27)15-30-37-12-21(34)13-38-30/h4-5,9,11-13,19,22,25,29,36H,6-8,14-18H2,1-3H3,(H,39,40). The number of piperidine rings is 1. The lowest BCUT2D eigenvalue weighted by molar-refractivity contribution is -0.121. The molecule has 3 aliphatic heterocycles. The van der Waals surface area contributed by atoms with Crippen molar-refractivity contribution in [2.24, 2.45) is 5.92 Å². The van der Waals surface area contributed by atoms with Crippen molar-refractivity contribution < 1.29 is 14.3 Å². The number of aromatic nitrogens is 3. The van der Waals surface area contributed by atoms with Crippen LogP contribution in [0.4, 0.5) is 11.5 Å². The number of hydrogen-bond donors (Lipinski definition) is 2. The SMILES string of the molecule is CSC1CN(C2COC2)CCC1Nc1nc(CC(C)C)c(C#N)c(-c2ccc3c(c2)OCC(=O)N3Cc2ncc(Cl)cn2)c1C=N. The molecule has 13 heteroatoms. The predicted octanol–water partition coefficient (Wildman–Crippen LogP) is 4.80. The average Bonchev–Trinajstić information content (AvgIpc) is 3.02. The highest BCUT2D eigenvalue weighted by atomic mass is 35.5. The number of amides is 1. The summed E-state index contributed by atoms with van der Waals surface area (Å²) in [4.78, 5) is 30.5. The van der Waals surface area contributed by atoms with E-state index >= 15 is 0 Å². The number of anilines is 2. The summed E-state index contributed by atoms with van der Waals surface area (Å²) >= 11 is 7.79. The van der Waals surface area contributed by atoms with Crippen molar-refractivity contribution in [1.82, 2.24) is 19.9 Å². The van der Waals surface area contributed by atoms with Crippen LogP contribution in [-0.2, 0) is 22.5 Å². The van der Waals surface area contributed by atoms with E-state index in [0.29, 0.717) is 73.8 Å². The molecule has 11 nitrogen and oxygen atoms in total. The Kier molecular flexibility index (Phi) is 9.75. The highest BCUT2D eigenvalue weighted by Crippen LogP contribution is 2.41. The molecule has 0 radical (unpaired) electrons. The van der Waals surface area contributed by atoms with E-state index in [1.165, 1.54) is 18.6 Å². The second kappa shape index (κ2) is 13.9. The molecule has 0 saturated carbocycles. The Labute approximate surface area is 278 Å². The quantitative estimate of drug-likeness (QED) is 0.291. The van der Waals surface area contributed by atoms with Crippen LogP contribution in [0.3, 0.4) is 0 Å². The minimum absolute atomic E-state index is 0.143. The van der Waals surface area contributed by atoms with Crippen molar-refractivity contribution in [3.8, 4) is 22.9 Å². The Balaban J connectivity index is 1.38. The molecule has 2 unspecified atom stereocenters. The molecule has 2 saturated heterocycles. The monoisotopic (exact) mass is 660 g/mol. The minimum atomic E-state index is -0.217. The molecule has 2 atom stereocenters. The van der Waals surface area contributed by atoms with E-state index < -0.39 is 0 Å². The molecule has 0 aliphatic carbocycles. The van der Waals surface area contributed by atoms with Crippen molar-refractivity contribution in [3.63, 3.8) is 0 Å². The van der Waals surface area contributed by atoms with Crippen LogP contribution in [0, 0.1) is 22.7 Å². The first-order valence-corrected chi connectivity index (χ1v) is 17.1. The number of thioether (sulfide) groups is 1. The third-order valence-corrected chi connectivity index (χ3v) is 9.96. The van der Waals surface area contributed by atoms with Crippen LogP contribution >= 0.6 is 23.4 Å². The largest absolute Gasteiger partial charge is 0.482 e. The maximum atomic E-state index is 12.9. The molecular weight excluding hydrogens is 624 g/mol. The third-order valence-electron chi connectivity index (χ3n) is 8.68. The summed E-state index contributed by atoms with van der Waals surface area (Å²) in [6.45, 7) is 7.72. The zero-order valence-corrected chi connectivity index (χ0v) is 27.7. The van der Waals surface area contributed by atoms with Gasteiger partial charge in [-0.25, -0.2) is 15.0 Å². The number of nitrogens with zero attached hydrogens (tertiary/aromatic N) is 6. The van der Waals surface area contributed by atoms with Gasteiger partial charge in [0.15, 0.2) is 6.61 Å². The van der Waals surface area contributed by atoms with Gasteiger partial charge >= 0.3 is 0 Å². The zero-order chi connectivity index (χ0) is 32.4. The smallest absolute Gasteiger partial charge is 0.265 e. The Morgan fingerprint density at radius 2 is 2.07 bits per heavy atom. The molecule has 0 bridgehead atoms. The number of pyridine rings is 1. The summed E-state index contributed by atoms with van der Waals surface area (Å²) in [6, 6.07) is 8.56. The number of nitriles is 1. The second-order valence-corrected chi connectivity index (χ2v) is 13.7. The fourth-order valence-corrected chi connectivity index (χ4v) is 7.21. The molecule has 0 spiro atoms. The van der Waals surface area contributed by atoms with Gasteiger partial charge in [-0.1, -0.05) is 31.5 Å². The summed E-state index contributed by atoms with van der Waals surface area (Å²) in [5, 5.41) is 23.5. The maximum absolute atomic E-state index is 12.9. The van der Waals surface area contributed by atoms with Gasteiger partial charge in [-0.2, -0.15) is 17.0 Å². The van der Waals surface area contributed by atoms with Gasteiger partial charge in [0, 0.05) is 54.1 Å². The van der Waals surface area contributed by atoms with Crippen LogP contribution in [0.25, 0.3) is 11.1 Å². The van der Waals surface area contributed by atoms with Gasteiger partial charge in [0.05, 0.1) is 47.8 Å². The minimum Gasteiger partial charge on any atom is -0.482 e. The molecule has 1 aromatic carbocycles. The van der Waals surface area contributed by atoms with Crippen LogP contribution in [0.15, 0.2) is 30.6 Å². The third kappa shape index (κ3) is 6.55. The van der Waals surface area contributed by atoms with Crippen LogP contribution in [-0.4, -0.2) is 88.5 Å². The summed E-state index contributed by atoms with van der Waals surface area (Å²) in [5.74, 6) is 1.60. The lowest BCUT2D eigenvalue weighted by atomic mass is 9.91. The normalized spacial score (nSPS) is 20.1. The van der Waals surface area contributed by atoms with Gasteiger partial charge in [-0.05, 0) is 42.7 Å². The number of rotatable bonds is 10. The first-order valence-electron chi connectivity index (χ1n) is 15.4. The lowest BCUT2D eigenvalue weighted by Crippen LogP contribution is -2.57. The lowest BCUT2D eigenvalue weighted by Gasteiger charge is -2.44. The summed E-state index contributed by atoms with van der Waals surface area (Å²) in [7, 11) is 0. The van der Waals surface area contributed by atoms with Crippen molar-refractivity contribution >= 4 is 47.0 Å². The Morgan fingerprint density at radius 1 is 1.28 bits per heavy atom. The van der Waals surface area contributed by atoms with E-state index in [1.54, 1.807) is 4.90 Å². The summed E-state index contributed by atoms with van der Waals surface area (Å²) in [5.41, 5.74) is 3.61. The molecule has 3 aliphatic rings. The number of likely N-dealkylation sites (tertiary alicyclic amines) is 1. The van der Waals surface area contributed by atoms with Crippen molar-refractivity contribution in [3.05, 3.63) is 58.3 Å². The van der Waals surface area contributed by atoms with Crippen molar-refractivity contribution in [2.45, 2.75) is 50.6 Å². The number of nitrogens with one attached hydrogen (secondary N) is 2. The van der Waals surface area contributed by atoms with E-state index in [9.17, 15) is 10.1 Å². The van der Waals surface area contributed by atoms with Crippen LogP contribution < -0.4 is 15.0 Å². The van der Waals surface area contributed by atoms with E-state index in [4.69, 9.17) is 31.5 Å². The molecule has 2 N–H and O–H groups in total. The van der Waals surface area contributed by atoms with Crippen molar-refractivity contribution in [1.29, 1.82) is 10.7 Å². The van der Waals surface area contributed by atoms with Crippen LogP contribution in [0.2, 0.25) is 5.02 Å². The van der Waals surface area contributed by atoms with Gasteiger partial charge in [0.1, 0.15) is 23.5 Å². The van der Waals surface area contributed by atoms with Gasteiger partial charge in [0.2, 0.25) is 0 Å². The molecule has 1 amide bonds. The number of benzene rings is 1.